The van der Waals surface area contributed by atoms with E-state index < -0.39 is 22.6 Å². The lowest BCUT2D eigenvalue weighted by molar-refractivity contribution is -0.146. The van der Waals surface area contributed by atoms with Gasteiger partial charge in [0, 0.05) is 13.1 Å². The number of morpholine rings is 1. The van der Waals surface area contributed by atoms with Gasteiger partial charge < -0.3 is 14.4 Å². The van der Waals surface area contributed by atoms with Crippen molar-refractivity contribution in [3.63, 3.8) is 0 Å². The molecule has 1 saturated heterocycles. The molecule has 26 heavy (non-hydrogen) atoms. The first-order chi connectivity index (χ1) is 12.1. The Morgan fingerprint density at radius 2 is 1.92 bits per heavy atom. The van der Waals surface area contributed by atoms with Crippen LogP contribution < -0.4 is 4.72 Å². The van der Waals surface area contributed by atoms with Crippen molar-refractivity contribution in [1.82, 2.24) is 9.62 Å². The molecule has 0 aliphatic carbocycles. The molecule has 144 valence electrons. The molecule has 1 aromatic rings. The summed E-state index contributed by atoms with van der Waals surface area (Å²) in [5.74, 6) is -1.22. The van der Waals surface area contributed by atoms with Crippen molar-refractivity contribution in [3.05, 3.63) is 28.8 Å². The zero-order valence-electron chi connectivity index (χ0n) is 14.7. The molecule has 1 aliphatic rings. The minimum atomic E-state index is -3.74. The van der Waals surface area contributed by atoms with Crippen LogP contribution in [0.3, 0.4) is 0 Å². The van der Waals surface area contributed by atoms with Crippen LogP contribution in [0.5, 0.6) is 0 Å². The molecule has 0 radical (unpaired) electrons. The van der Waals surface area contributed by atoms with Crippen LogP contribution in [0.25, 0.3) is 0 Å². The molecule has 0 spiro atoms. The molecular formula is C16H21ClN2O6S. The van der Waals surface area contributed by atoms with Crippen LogP contribution in [-0.4, -0.2) is 64.1 Å². The van der Waals surface area contributed by atoms with E-state index in [1.54, 1.807) is 4.90 Å². The van der Waals surface area contributed by atoms with Crippen molar-refractivity contribution >= 4 is 33.5 Å². The number of nitrogens with one attached hydrogen (secondary N) is 1. The van der Waals surface area contributed by atoms with Crippen LogP contribution in [0.1, 0.15) is 24.2 Å². The third kappa shape index (κ3) is 4.94. The Hall–Kier alpha value is -1.68. The Balaban J connectivity index is 2.06. The number of nitrogens with zero attached hydrogens (tertiary/aromatic N) is 1. The first-order valence-corrected chi connectivity index (χ1v) is 9.83. The highest BCUT2D eigenvalue weighted by Crippen LogP contribution is 2.21. The summed E-state index contributed by atoms with van der Waals surface area (Å²) in [6, 6.07) is 3.67. The largest absolute Gasteiger partial charge is 0.452 e. The van der Waals surface area contributed by atoms with Crippen LogP contribution >= 0.6 is 11.6 Å². The highest BCUT2D eigenvalue weighted by Gasteiger charge is 2.27. The van der Waals surface area contributed by atoms with Crippen molar-refractivity contribution in [2.45, 2.75) is 31.0 Å². The zero-order chi connectivity index (χ0) is 19.5. The quantitative estimate of drug-likeness (QED) is 0.736. The van der Waals surface area contributed by atoms with E-state index in [4.69, 9.17) is 21.1 Å². The summed E-state index contributed by atoms with van der Waals surface area (Å²) in [4.78, 5) is 25.9. The molecule has 2 rings (SSSR count). The Labute approximate surface area is 157 Å². The number of sulfonamides is 1. The van der Waals surface area contributed by atoms with Gasteiger partial charge >= 0.3 is 5.97 Å². The molecule has 0 unspecified atom stereocenters. The van der Waals surface area contributed by atoms with Crippen LogP contribution in [0.15, 0.2) is 23.1 Å². The van der Waals surface area contributed by atoms with Crippen molar-refractivity contribution in [2.24, 2.45) is 0 Å². The monoisotopic (exact) mass is 404 g/mol. The highest BCUT2D eigenvalue weighted by atomic mass is 35.5. The van der Waals surface area contributed by atoms with Gasteiger partial charge in [0.25, 0.3) is 5.91 Å². The molecule has 1 amide bonds. The van der Waals surface area contributed by atoms with Crippen molar-refractivity contribution in [3.8, 4) is 0 Å². The number of carbonyl (C=O) groups excluding carboxylic acids is 2. The predicted octanol–water partition coefficient (Wildman–Crippen LogP) is 1.04. The van der Waals surface area contributed by atoms with Crippen molar-refractivity contribution in [2.75, 3.05) is 26.7 Å². The van der Waals surface area contributed by atoms with Gasteiger partial charge in [-0.2, -0.15) is 0 Å². The molecule has 1 fully saturated rings. The van der Waals surface area contributed by atoms with Crippen molar-refractivity contribution in [1.29, 1.82) is 0 Å². The summed E-state index contributed by atoms with van der Waals surface area (Å²) in [5, 5.41) is 0.0334. The van der Waals surface area contributed by atoms with Gasteiger partial charge in [0.1, 0.15) is 0 Å². The second-order valence-electron chi connectivity index (χ2n) is 5.98. The fourth-order valence-electron chi connectivity index (χ4n) is 2.62. The van der Waals surface area contributed by atoms with Gasteiger partial charge in [-0.3, -0.25) is 4.79 Å². The summed E-state index contributed by atoms with van der Waals surface area (Å²) in [5.41, 5.74) is -0.125. The Morgan fingerprint density at radius 1 is 1.31 bits per heavy atom. The molecule has 0 saturated carbocycles. The Morgan fingerprint density at radius 3 is 2.50 bits per heavy atom. The van der Waals surface area contributed by atoms with E-state index in [-0.39, 0.29) is 33.6 Å². The highest BCUT2D eigenvalue weighted by molar-refractivity contribution is 7.89. The molecule has 0 aromatic heterocycles. The minimum Gasteiger partial charge on any atom is -0.452 e. The zero-order valence-corrected chi connectivity index (χ0v) is 16.3. The topological polar surface area (TPSA) is 102 Å². The SMILES string of the molecule is CNS(=O)(=O)c1ccc(Cl)c(C(=O)OCC(=O)N2C[C@@H](C)O[C@@H](C)C2)c1. The number of hydrogen-bond donors (Lipinski definition) is 1. The lowest BCUT2D eigenvalue weighted by Crippen LogP contribution is -2.49. The summed E-state index contributed by atoms with van der Waals surface area (Å²) < 4.78 is 36.4. The summed E-state index contributed by atoms with van der Waals surface area (Å²) in [6.45, 7) is 4.08. The van der Waals surface area contributed by atoms with Gasteiger partial charge in [-0.15, -0.1) is 0 Å². The minimum absolute atomic E-state index is 0.0334. The van der Waals surface area contributed by atoms with Crippen LogP contribution in [0, 0.1) is 0 Å². The summed E-state index contributed by atoms with van der Waals surface area (Å²) >= 11 is 5.96. The first kappa shape index (κ1) is 20.6. The lowest BCUT2D eigenvalue weighted by atomic mass is 10.2. The molecule has 1 aromatic carbocycles. The number of rotatable bonds is 5. The van der Waals surface area contributed by atoms with Crippen LogP contribution in [-0.2, 0) is 24.3 Å². The standard InChI is InChI=1S/C16H21ClN2O6S/c1-10-7-19(8-11(2)25-10)15(20)9-24-16(21)13-6-12(4-5-14(13)17)26(22,23)18-3/h4-6,10-11,18H,7-9H2,1-3H3/t10-,11+. The van der Waals surface area contributed by atoms with E-state index in [2.05, 4.69) is 4.72 Å². The molecule has 2 atom stereocenters. The van der Waals surface area contributed by atoms with E-state index in [0.29, 0.717) is 13.1 Å². The second-order valence-corrected chi connectivity index (χ2v) is 8.28. The fourth-order valence-corrected chi connectivity index (χ4v) is 3.57. The van der Waals surface area contributed by atoms with E-state index in [1.165, 1.54) is 19.2 Å². The van der Waals surface area contributed by atoms with Gasteiger partial charge in [-0.1, -0.05) is 11.6 Å². The number of esters is 1. The number of ether oxygens (including phenoxy) is 2. The van der Waals surface area contributed by atoms with Gasteiger partial charge in [0.15, 0.2) is 6.61 Å². The predicted molar refractivity (Wildman–Crippen MR) is 94.6 cm³/mol. The third-order valence-electron chi connectivity index (χ3n) is 3.84. The molecule has 0 bridgehead atoms. The number of benzene rings is 1. The van der Waals surface area contributed by atoms with Gasteiger partial charge in [0.2, 0.25) is 10.0 Å². The number of carbonyl (C=O) groups is 2. The Kier molecular flexibility index (Phi) is 6.62. The average molecular weight is 405 g/mol. The van der Waals surface area contributed by atoms with Gasteiger partial charge in [-0.05, 0) is 39.1 Å². The maximum atomic E-state index is 12.2. The van der Waals surface area contributed by atoms with Crippen molar-refractivity contribution < 1.29 is 27.5 Å². The van der Waals surface area contributed by atoms with E-state index >= 15 is 0 Å². The van der Waals surface area contributed by atoms with Gasteiger partial charge in [-0.25, -0.2) is 17.9 Å². The number of halogens is 1. The summed E-state index contributed by atoms with van der Waals surface area (Å²) in [7, 11) is -2.48. The van der Waals surface area contributed by atoms with E-state index in [0.717, 1.165) is 6.07 Å². The molecule has 1 heterocycles. The molecule has 1 aliphatic heterocycles. The van der Waals surface area contributed by atoms with E-state index in [1.807, 2.05) is 13.8 Å². The second kappa shape index (κ2) is 8.34. The molecule has 1 N–H and O–H groups in total. The van der Waals surface area contributed by atoms with E-state index in [9.17, 15) is 18.0 Å². The summed E-state index contributed by atoms with van der Waals surface area (Å²) in [6.07, 6.45) is -0.201. The molecule has 10 heteroatoms. The average Bonchev–Trinajstić information content (AvgIpc) is 2.58. The first-order valence-electron chi connectivity index (χ1n) is 7.97. The smallest absolute Gasteiger partial charge is 0.340 e. The van der Waals surface area contributed by atoms with Crippen LogP contribution in [0.4, 0.5) is 0 Å². The Bertz CT molecular complexity index is 788. The number of amides is 1. The molecule has 8 nitrogen and oxygen atoms in total. The fraction of sp³-hybridized carbons (Fsp3) is 0.500. The van der Waals surface area contributed by atoms with Crippen LogP contribution in [0.2, 0.25) is 5.02 Å². The third-order valence-corrected chi connectivity index (χ3v) is 5.58. The van der Waals surface area contributed by atoms with Gasteiger partial charge in [0.05, 0.1) is 27.7 Å². The normalized spacial score (nSPS) is 20.7. The molecular weight excluding hydrogens is 384 g/mol. The maximum Gasteiger partial charge on any atom is 0.340 e. The lowest BCUT2D eigenvalue weighted by Gasteiger charge is -2.35. The number of hydrogen-bond acceptors (Lipinski definition) is 6. The maximum absolute atomic E-state index is 12.2.